The maximum absolute atomic E-state index is 11.9. The summed E-state index contributed by atoms with van der Waals surface area (Å²) in [5, 5.41) is 15.0. The average molecular weight is 284 g/mol. The predicted octanol–water partition coefficient (Wildman–Crippen LogP) is 3.95. The highest BCUT2D eigenvalue weighted by Gasteiger charge is 2.04. The van der Waals surface area contributed by atoms with Crippen LogP contribution in [-0.4, -0.2) is 11.1 Å². The number of hydrogen-bond acceptors (Lipinski definition) is 2. The molecule has 0 radical (unpaired) electrons. The number of aryl methyl sites for hydroxylation is 1. The molecule has 0 aliphatic rings. The summed E-state index contributed by atoms with van der Waals surface area (Å²) in [6.07, 6.45) is 0.419. The lowest BCUT2D eigenvalue weighted by Crippen LogP contribution is -2.19. The van der Waals surface area contributed by atoms with Gasteiger partial charge in [-0.2, -0.15) is 0 Å². The molecule has 4 nitrogen and oxygen atoms in total. The van der Waals surface area contributed by atoms with Gasteiger partial charge in [0.2, 0.25) is 0 Å². The molecule has 2 aromatic rings. The van der Waals surface area contributed by atoms with E-state index in [2.05, 4.69) is 17.6 Å². The van der Waals surface area contributed by atoms with Crippen LogP contribution in [0.5, 0.6) is 0 Å². The largest absolute Gasteiger partial charge is 0.389 e. The number of amides is 2. The van der Waals surface area contributed by atoms with Crippen molar-refractivity contribution >= 4 is 17.4 Å². The molecule has 0 saturated carbocycles. The quantitative estimate of drug-likeness (QED) is 0.796. The van der Waals surface area contributed by atoms with Gasteiger partial charge in [0.15, 0.2) is 0 Å². The number of aliphatic hydroxyl groups is 1. The number of carbonyl (C=O) groups is 1. The van der Waals surface area contributed by atoms with Crippen molar-refractivity contribution in [2.24, 2.45) is 0 Å². The lowest BCUT2D eigenvalue weighted by atomic mass is 10.1. The van der Waals surface area contributed by atoms with E-state index in [1.807, 2.05) is 24.3 Å². The summed E-state index contributed by atoms with van der Waals surface area (Å²) in [7, 11) is 0. The number of hydrogen-bond donors (Lipinski definition) is 3. The van der Waals surface area contributed by atoms with E-state index in [9.17, 15) is 9.90 Å². The molecule has 2 aromatic carbocycles. The minimum absolute atomic E-state index is 0.284. The van der Waals surface area contributed by atoms with Crippen LogP contribution in [0.25, 0.3) is 0 Å². The molecule has 0 aliphatic heterocycles. The van der Waals surface area contributed by atoms with Crippen molar-refractivity contribution in [1.29, 1.82) is 0 Å². The summed E-state index contributed by atoms with van der Waals surface area (Å²) >= 11 is 0. The molecule has 0 aliphatic carbocycles. The monoisotopic (exact) mass is 284 g/mol. The minimum Gasteiger partial charge on any atom is -0.389 e. The van der Waals surface area contributed by atoms with Crippen molar-refractivity contribution in [2.75, 3.05) is 10.6 Å². The molecule has 110 valence electrons. The third kappa shape index (κ3) is 4.33. The van der Waals surface area contributed by atoms with Crippen molar-refractivity contribution in [2.45, 2.75) is 26.4 Å². The average Bonchev–Trinajstić information content (AvgIpc) is 2.47. The van der Waals surface area contributed by atoms with Crippen LogP contribution in [0.2, 0.25) is 0 Å². The summed E-state index contributed by atoms with van der Waals surface area (Å²) in [6, 6.07) is 14.6. The SMILES string of the molecule is CCc1cccc(NC(=O)Nc2ccc(C(C)O)cc2)c1. The summed E-state index contributed by atoms with van der Waals surface area (Å²) in [4.78, 5) is 11.9. The first-order valence-corrected chi connectivity index (χ1v) is 7.03. The normalized spacial score (nSPS) is 11.8. The second kappa shape index (κ2) is 6.90. The van der Waals surface area contributed by atoms with Gasteiger partial charge in [-0.15, -0.1) is 0 Å². The number of urea groups is 1. The minimum atomic E-state index is -0.510. The van der Waals surface area contributed by atoms with Gasteiger partial charge in [-0.1, -0.05) is 31.2 Å². The van der Waals surface area contributed by atoms with Crippen molar-refractivity contribution in [3.8, 4) is 0 Å². The van der Waals surface area contributed by atoms with E-state index in [-0.39, 0.29) is 6.03 Å². The first-order valence-electron chi connectivity index (χ1n) is 7.03. The molecule has 3 N–H and O–H groups in total. The maximum Gasteiger partial charge on any atom is 0.323 e. The van der Waals surface area contributed by atoms with Crippen LogP contribution in [-0.2, 0) is 6.42 Å². The number of benzene rings is 2. The van der Waals surface area contributed by atoms with Gasteiger partial charge in [-0.05, 0) is 48.7 Å². The second-order valence-electron chi connectivity index (χ2n) is 4.93. The highest BCUT2D eigenvalue weighted by atomic mass is 16.3. The number of nitrogens with one attached hydrogen (secondary N) is 2. The van der Waals surface area contributed by atoms with Crippen LogP contribution in [0.15, 0.2) is 48.5 Å². The third-order valence-corrected chi connectivity index (χ3v) is 3.24. The van der Waals surface area contributed by atoms with E-state index in [4.69, 9.17) is 0 Å². The van der Waals surface area contributed by atoms with E-state index < -0.39 is 6.10 Å². The molecule has 0 bridgehead atoms. The zero-order valence-corrected chi connectivity index (χ0v) is 12.3. The van der Waals surface area contributed by atoms with Gasteiger partial charge >= 0.3 is 6.03 Å². The van der Waals surface area contributed by atoms with Crippen LogP contribution < -0.4 is 10.6 Å². The van der Waals surface area contributed by atoms with E-state index >= 15 is 0 Å². The Bertz CT molecular complexity index is 606. The van der Waals surface area contributed by atoms with Gasteiger partial charge in [0, 0.05) is 11.4 Å². The van der Waals surface area contributed by atoms with E-state index in [1.165, 1.54) is 5.56 Å². The van der Waals surface area contributed by atoms with Crippen LogP contribution in [0, 0.1) is 0 Å². The van der Waals surface area contributed by atoms with Gasteiger partial charge in [0.05, 0.1) is 6.10 Å². The van der Waals surface area contributed by atoms with Gasteiger partial charge in [-0.25, -0.2) is 4.79 Å². The van der Waals surface area contributed by atoms with Crippen molar-refractivity contribution in [3.63, 3.8) is 0 Å². The Morgan fingerprint density at radius 3 is 2.38 bits per heavy atom. The molecule has 0 aromatic heterocycles. The fourth-order valence-electron chi connectivity index (χ4n) is 2.01. The maximum atomic E-state index is 11.9. The first kappa shape index (κ1) is 15.1. The molecule has 2 rings (SSSR count). The standard InChI is InChI=1S/C17H20N2O2/c1-3-13-5-4-6-16(11-13)19-17(21)18-15-9-7-14(8-10-15)12(2)20/h4-12,20H,3H2,1-2H3,(H2,18,19,21). The van der Waals surface area contributed by atoms with Crippen LogP contribution in [0.4, 0.5) is 16.2 Å². The Hall–Kier alpha value is -2.33. The fraction of sp³-hybridized carbons (Fsp3) is 0.235. The Morgan fingerprint density at radius 1 is 1.10 bits per heavy atom. The van der Waals surface area contributed by atoms with E-state index in [1.54, 1.807) is 31.2 Å². The molecule has 4 heteroatoms. The molecule has 21 heavy (non-hydrogen) atoms. The van der Waals surface area contributed by atoms with Gasteiger partial charge in [0.1, 0.15) is 0 Å². The summed E-state index contributed by atoms with van der Waals surface area (Å²) < 4.78 is 0. The molecule has 0 fully saturated rings. The zero-order valence-electron chi connectivity index (χ0n) is 12.3. The van der Waals surface area contributed by atoms with Gasteiger partial charge < -0.3 is 15.7 Å². The third-order valence-electron chi connectivity index (χ3n) is 3.24. The van der Waals surface area contributed by atoms with Crippen molar-refractivity contribution in [3.05, 3.63) is 59.7 Å². The summed E-state index contributed by atoms with van der Waals surface area (Å²) in [6.45, 7) is 3.78. The Balaban J connectivity index is 1.97. The number of aliphatic hydroxyl groups excluding tert-OH is 1. The smallest absolute Gasteiger partial charge is 0.323 e. The lowest BCUT2D eigenvalue weighted by Gasteiger charge is -2.10. The highest BCUT2D eigenvalue weighted by Crippen LogP contribution is 2.16. The van der Waals surface area contributed by atoms with Crippen LogP contribution in [0.3, 0.4) is 0 Å². The summed E-state index contributed by atoms with van der Waals surface area (Å²) in [5.74, 6) is 0. The van der Waals surface area contributed by atoms with Crippen molar-refractivity contribution < 1.29 is 9.90 Å². The number of rotatable bonds is 4. The number of carbonyl (C=O) groups excluding carboxylic acids is 1. The van der Waals surface area contributed by atoms with Crippen LogP contribution >= 0.6 is 0 Å². The fourth-order valence-corrected chi connectivity index (χ4v) is 2.01. The topological polar surface area (TPSA) is 61.4 Å². The molecule has 1 unspecified atom stereocenters. The molecular formula is C17H20N2O2. The number of anilines is 2. The Labute approximate surface area is 124 Å². The summed E-state index contributed by atoms with van der Waals surface area (Å²) in [5.41, 5.74) is 3.45. The lowest BCUT2D eigenvalue weighted by molar-refractivity contribution is 0.199. The van der Waals surface area contributed by atoms with Gasteiger partial charge in [-0.3, -0.25) is 0 Å². The molecule has 0 heterocycles. The molecule has 0 spiro atoms. The Kier molecular flexibility index (Phi) is 4.95. The van der Waals surface area contributed by atoms with E-state index in [0.717, 1.165) is 17.7 Å². The Morgan fingerprint density at radius 2 is 1.76 bits per heavy atom. The molecule has 1 atom stereocenters. The molecule has 2 amide bonds. The predicted molar refractivity (Wildman–Crippen MR) is 85.5 cm³/mol. The van der Waals surface area contributed by atoms with Gasteiger partial charge in [0.25, 0.3) is 0 Å². The first-order chi connectivity index (χ1) is 10.1. The highest BCUT2D eigenvalue weighted by molar-refractivity contribution is 5.99. The molecule has 0 saturated heterocycles. The van der Waals surface area contributed by atoms with Crippen LogP contribution in [0.1, 0.15) is 31.1 Å². The van der Waals surface area contributed by atoms with E-state index in [0.29, 0.717) is 5.69 Å². The zero-order chi connectivity index (χ0) is 15.2. The molecular weight excluding hydrogens is 264 g/mol. The van der Waals surface area contributed by atoms with Crippen molar-refractivity contribution in [1.82, 2.24) is 0 Å². The second-order valence-corrected chi connectivity index (χ2v) is 4.93.